The minimum atomic E-state index is -0.759. The van der Waals surface area contributed by atoms with Gasteiger partial charge in [0.05, 0.1) is 0 Å². The van der Waals surface area contributed by atoms with Crippen LogP contribution in [0.25, 0.3) is 0 Å². The van der Waals surface area contributed by atoms with Crippen LogP contribution in [0, 0.1) is 5.41 Å². The van der Waals surface area contributed by atoms with Crippen molar-refractivity contribution in [3.63, 3.8) is 0 Å². The van der Waals surface area contributed by atoms with Crippen molar-refractivity contribution in [2.24, 2.45) is 11.1 Å². The van der Waals surface area contributed by atoms with E-state index in [2.05, 4.69) is 15.9 Å². The van der Waals surface area contributed by atoms with Crippen LogP contribution in [-0.4, -0.2) is 6.09 Å². The fourth-order valence-electron chi connectivity index (χ4n) is 1.61. The van der Waals surface area contributed by atoms with E-state index in [0.717, 1.165) is 10.0 Å². The summed E-state index contributed by atoms with van der Waals surface area (Å²) in [5.74, 6) is 0. The molecule has 0 aliphatic heterocycles. The Morgan fingerprint density at radius 3 is 2.00 bits per heavy atom. The lowest BCUT2D eigenvalue weighted by Crippen LogP contribution is -2.42. The molecule has 1 aromatic carbocycles. The van der Waals surface area contributed by atoms with Crippen LogP contribution < -0.4 is 5.73 Å². The average molecular weight is 300 g/mol. The minimum absolute atomic E-state index is 0.254. The van der Waals surface area contributed by atoms with Crippen LogP contribution in [0.4, 0.5) is 4.79 Å². The standard InChI is InChI=1S/C13H18BrNO2/c1-12(2,3)13(4,17-11(15)16)9-5-7-10(14)8-6-9/h5-8H,1-4H3,(H2,15,16). The molecule has 0 saturated heterocycles. The quantitative estimate of drug-likeness (QED) is 0.903. The van der Waals surface area contributed by atoms with Gasteiger partial charge in [-0.3, -0.25) is 0 Å². The van der Waals surface area contributed by atoms with E-state index in [0.29, 0.717) is 0 Å². The number of carbonyl (C=O) groups excluding carboxylic acids is 1. The largest absolute Gasteiger partial charge is 0.438 e. The summed E-state index contributed by atoms with van der Waals surface area (Å²) >= 11 is 3.38. The minimum Gasteiger partial charge on any atom is -0.438 e. The lowest BCUT2D eigenvalue weighted by Gasteiger charge is -2.41. The highest BCUT2D eigenvalue weighted by Crippen LogP contribution is 2.42. The first-order valence-corrected chi connectivity index (χ1v) is 6.20. The van der Waals surface area contributed by atoms with Gasteiger partial charge in [-0.05, 0) is 24.6 Å². The molecule has 0 fully saturated rings. The first kappa shape index (κ1) is 14.0. The Bertz CT molecular complexity index is 408. The van der Waals surface area contributed by atoms with Crippen LogP contribution in [-0.2, 0) is 10.3 Å². The normalized spacial score (nSPS) is 15.1. The molecule has 1 unspecified atom stereocenters. The molecule has 0 bridgehead atoms. The van der Waals surface area contributed by atoms with Crippen molar-refractivity contribution in [3.05, 3.63) is 34.3 Å². The maximum Gasteiger partial charge on any atom is 0.405 e. The number of hydrogen-bond acceptors (Lipinski definition) is 2. The van der Waals surface area contributed by atoms with Crippen LogP contribution in [0.2, 0.25) is 0 Å². The molecule has 3 nitrogen and oxygen atoms in total. The maximum absolute atomic E-state index is 11.1. The molecule has 1 amide bonds. The number of carbonyl (C=O) groups is 1. The Kier molecular flexibility index (Phi) is 3.87. The topological polar surface area (TPSA) is 52.3 Å². The summed E-state index contributed by atoms with van der Waals surface area (Å²) in [7, 11) is 0. The van der Waals surface area contributed by atoms with E-state index in [1.165, 1.54) is 0 Å². The molecule has 0 aromatic heterocycles. The smallest absolute Gasteiger partial charge is 0.405 e. The molecule has 1 aromatic rings. The zero-order valence-electron chi connectivity index (χ0n) is 10.6. The van der Waals surface area contributed by atoms with Gasteiger partial charge in [0, 0.05) is 9.89 Å². The molecular formula is C13H18BrNO2. The first-order chi connectivity index (χ1) is 7.67. The van der Waals surface area contributed by atoms with Crippen LogP contribution in [0.1, 0.15) is 33.3 Å². The van der Waals surface area contributed by atoms with Gasteiger partial charge in [0.25, 0.3) is 0 Å². The Balaban J connectivity index is 3.24. The number of primary amides is 1. The molecule has 17 heavy (non-hydrogen) atoms. The number of hydrogen-bond donors (Lipinski definition) is 1. The summed E-state index contributed by atoms with van der Waals surface area (Å²) in [6, 6.07) is 7.70. The monoisotopic (exact) mass is 299 g/mol. The number of nitrogens with two attached hydrogens (primary N) is 1. The second-order valence-corrected chi connectivity index (χ2v) is 6.13. The van der Waals surface area contributed by atoms with E-state index < -0.39 is 11.7 Å². The Labute approximate surface area is 110 Å². The number of rotatable bonds is 2. The van der Waals surface area contributed by atoms with Gasteiger partial charge in [-0.25, -0.2) is 4.79 Å². The summed E-state index contributed by atoms with van der Waals surface area (Å²) < 4.78 is 6.33. The molecule has 0 radical (unpaired) electrons. The van der Waals surface area contributed by atoms with Gasteiger partial charge in [0.15, 0.2) is 0 Å². The van der Waals surface area contributed by atoms with E-state index in [1.54, 1.807) is 0 Å². The highest BCUT2D eigenvalue weighted by atomic mass is 79.9. The van der Waals surface area contributed by atoms with Crippen LogP contribution in [0.5, 0.6) is 0 Å². The van der Waals surface area contributed by atoms with Crippen molar-refractivity contribution in [1.29, 1.82) is 0 Å². The molecule has 1 rings (SSSR count). The van der Waals surface area contributed by atoms with Gasteiger partial charge in [0.1, 0.15) is 5.60 Å². The van der Waals surface area contributed by atoms with Crippen molar-refractivity contribution in [3.8, 4) is 0 Å². The van der Waals surface area contributed by atoms with E-state index in [4.69, 9.17) is 10.5 Å². The van der Waals surface area contributed by atoms with Gasteiger partial charge >= 0.3 is 6.09 Å². The van der Waals surface area contributed by atoms with E-state index in [-0.39, 0.29) is 5.41 Å². The molecule has 1 atom stereocenters. The average Bonchev–Trinajstić information content (AvgIpc) is 2.15. The molecule has 0 aliphatic carbocycles. The number of benzene rings is 1. The number of ether oxygens (including phenoxy) is 1. The molecule has 0 aliphatic rings. The fraction of sp³-hybridized carbons (Fsp3) is 0.462. The lowest BCUT2D eigenvalue weighted by molar-refractivity contribution is -0.0559. The lowest BCUT2D eigenvalue weighted by atomic mass is 9.73. The van der Waals surface area contributed by atoms with Crippen molar-refractivity contribution < 1.29 is 9.53 Å². The summed E-state index contributed by atoms with van der Waals surface area (Å²) in [5.41, 5.74) is 5.09. The second kappa shape index (κ2) is 4.69. The molecule has 94 valence electrons. The van der Waals surface area contributed by atoms with Gasteiger partial charge in [-0.1, -0.05) is 48.8 Å². The van der Waals surface area contributed by atoms with E-state index in [1.807, 2.05) is 52.0 Å². The van der Waals surface area contributed by atoms with Gasteiger partial charge < -0.3 is 10.5 Å². The summed E-state index contributed by atoms with van der Waals surface area (Å²) in [6.07, 6.45) is -0.759. The molecule has 0 heterocycles. The second-order valence-electron chi connectivity index (χ2n) is 5.21. The third-order valence-corrected chi connectivity index (χ3v) is 3.66. The van der Waals surface area contributed by atoms with Crippen molar-refractivity contribution in [2.75, 3.05) is 0 Å². The van der Waals surface area contributed by atoms with Gasteiger partial charge in [-0.2, -0.15) is 0 Å². The Hall–Kier alpha value is -1.03. The van der Waals surface area contributed by atoms with Crippen molar-refractivity contribution >= 4 is 22.0 Å². The number of halogens is 1. The molecule has 4 heteroatoms. The third kappa shape index (κ3) is 3.00. The molecule has 2 N–H and O–H groups in total. The predicted molar refractivity (Wildman–Crippen MR) is 71.6 cm³/mol. The third-order valence-electron chi connectivity index (χ3n) is 3.13. The van der Waals surface area contributed by atoms with Crippen LogP contribution in [0.3, 0.4) is 0 Å². The van der Waals surface area contributed by atoms with Gasteiger partial charge in [0.2, 0.25) is 0 Å². The first-order valence-electron chi connectivity index (χ1n) is 5.41. The maximum atomic E-state index is 11.1. The summed E-state index contributed by atoms with van der Waals surface area (Å²) in [6.45, 7) is 7.91. The van der Waals surface area contributed by atoms with Crippen LogP contribution in [0.15, 0.2) is 28.7 Å². The molecule has 0 spiro atoms. The van der Waals surface area contributed by atoms with Crippen molar-refractivity contribution in [2.45, 2.75) is 33.3 Å². The fourth-order valence-corrected chi connectivity index (χ4v) is 1.88. The van der Waals surface area contributed by atoms with Crippen molar-refractivity contribution in [1.82, 2.24) is 0 Å². The SMILES string of the molecule is CC(C)(C)C(C)(OC(N)=O)c1ccc(Br)cc1. The highest BCUT2D eigenvalue weighted by molar-refractivity contribution is 9.10. The van der Waals surface area contributed by atoms with Crippen LogP contribution >= 0.6 is 15.9 Å². The summed E-state index contributed by atoms with van der Waals surface area (Å²) in [5, 5.41) is 0. The molecular weight excluding hydrogens is 282 g/mol. The molecule has 0 saturated carbocycles. The highest BCUT2D eigenvalue weighted by Gasteiger charge is 2.42. The van der Waals surface area contributed by atoms with E-state index in [9.17, 15) is 4.79 Å². The Morgan fingerprint density at radius 1 is 1.18 bits per heavy atom. The zero-order valence-corrected chi connectivity index (χ0v) is 12.2. The number of amides is 1. The zero-order chi connectivity index (χ0) is 13.3. The predicted octanol–water partition coefficient (Wildman–Crippen LogP) is 3.81. The Morgan fingerprint density at radius 2 is 1.65 bits per heavy atom. The van der Waals surface area contributed by atoms with Gasteiger partial charge in [-0.15, -0.1) is 0 Å². The summed E-state index contributed by atoms with van der Waals surface area (Å²) in [4.78, 5) is 11.1. The van der Waals surface area contributed by atoms with E-state index >= 15 is 0 Å².